The molecule has 1 amide bonds. The lowest BCUT2D eigenvalue weighted by Gasteiger charge is -2.18. The number of hydrogen-bond donors (Lipinski definition) is 1. The summed E-state index contributed by atoms with van der Waals surface area (Å²) in [5, 5.41) is 13.7. The van der Waals surface area contributed by atoms with E-state index in [4.69, 9.17) is 0 Å². The number of rotatable bonds is 5. The van der Waals surface area contributed by atoms with Crippen molar-refractivity contribution < 1.29 is 19.5 Å². The number of aromatic nitrogens is 3. The Bertz CT molecular complexity index is 850. The highest BCUT2D eigenvalue weighted by Crippen LogP contribution is 2.36. The SMILES string of the molecule is CC(=O)c1sc(N(C(=O)c2nn(C)cc2C(=O)O)C2CC2)nc1C. The van der Waals surface area contributed by atoms with E-state index in [0.29, 0.717) is 15.7 Å². The fourth-order valence-electron chi connectivity index (χ4n) is 2.47. The normalized spacial score (nSPS) is 13.8. The molecule has 2 heterocycles. The van der Waals surface area contributed by atoms with Crippen molar-refractivity contribution >= 4 is 34.1 Å². The number of carboxylic acids is 1. The lowest BCUT2D eigenvalue weighted by molar-refractivity contribution is 0.0691. The molecule has 0 spiro atoms. The molecule has 0 aliphatic heterocycles. The molecule has 1 saturated carbocycles. The molecule has 0 atom stereocenters. The van der Waals surface area contributed by atoms with Crippen LogP contribution in [0.1, 0.15) is 56.0 Å². The van der Waals surface area contributed by atoms with Gasteiger partial charge < -0.3 is 5.11 Å². The number of thiazole rings is 1. The van der Waals surface area contributed by atoms with E-state index < -0.39 is 11.9 Å². The van der Waals surface area contributed by atoms with Crippen molar-refractivity contribution in [3.63, 3.8) is 0 Å². The predicted octanol–water partition coefficient (Wildman–Crippen LogP) is 1.90. The number of aryl methyl sites for hydroxylation is 2. The fraction of sp³-hybridized carbons (Fsp3) is 0.400. The van der Waals surface area contributed by atoms with Crippen LogP contribution in [0.25, 0.3) is 0 Å². The van der Waals surface area contributed by atoms with Gasteiger partial charge in [0, 0.05) is 26.2 Å². The summed E-state index contributed by atoms with van der Waals surface area (Å²) in [5.41, 5.74) is 0.308. The number of carbonyl (C=O) groups excluding carboxylic acids is 2. The van der Waals surface area contributed by atoms with Crippen molar-refractivity contribution in [2.24, 2.45) is 7.05 Å². The number of nitrogens with zero attached hydrogens (tertiary/aromatic N) is 4. The molecule has 3 rings (SSSR count). The van der Waals surface area contributed by atoms with Crippen LogP contribution in [0, 0.1) is 6.92 Å². The Hall–Kier alpha value is -2.55. The van der Waals surface area contributed by atoms with Gasteiger partial charge in [-0.25, -0.2) is 9.78 Å². The number of Topliss-reactive ketones (excluding diaryl/α,β-unsaturated/α-hetero) is 1. The average Bonchev–Trinajstić information content (AvgIpc) is 3.12. The average molecular weight is 348 g/mol. The van der Waals surface area contributed by atoms with Crippen molar-refractivity contribution in [2.45, 2.75) is 32.7 Å². The molecule has 2 aromatic rings. The van der Waals surface area contributed by atoms with Gasteiger partial charge in [0.2, 0.25) is 0 Å². The van der Waals surface area contributed by atoms with Crippen molar-refractivity contribution in [1.82, 2.24) is 14.8 Å². The number of aromatic carboxylic acids is 1. The summed E-state index contributed by atoms with van der Waals surface area (Å²) in [6, 6.07) is -0.0356. The van der Waals surface area contributed by atoms with Gasteiger partial charge in [-0.3, -0.25) is 19.2 Å². The fourth-order valence-corrected chi connectivity index (χ4v) is 3.50. The monoisotopic (exact) mass is 348 g/mol. The summed E-state index contributed by atoms with van der Waals surface area (Å²) in [6.07, 6.45) is 2.93. The summed E-state index contributed by atoms with van der Waals surface area (Å²) < 4.78 is 1.30. The topological polar surface area (TPSA) is 105 Å². The van der Waals surface area contributed by atoms with Gasteiger partial charge >= 0.3 is 5.97 Å². The molecular weight excluding hydrogens is 332 g/mol. The van der Waals surface area contributed by atoms with Gasteiger partial charge in [-0.05, 0) is 19.8 Å². The quantitative estimate of drug-likeness (QED) is 0.827. The van der Waals surface area contributed by atoms with Crippen LogP contribution in [-0.2, 0) is 7.05 Å². The highest BCUT2D eigenvalue weighted by atomic mass is 32.1. The molecule has 0 bridgehead atoms. The Morgan fingerprint density at radius 1 is 1.38 bits per heavy atom. The maximum absolute atomic E-state index is 12.9. The first-order valence-corrected chi connectivity index (χ1v) is 8.20. The van der Waals surface area contributed by atoms with Crippen LogP contribution in [0.3, 0.4) is 0 Å². The second kappa shape index (κ2) is 5.82. The number of ketones is 1. The molecule has 1 N–H and O–H groups in total. The zero-order valence-corrected chi connectivity index (χ0v) is 14.3. The minimum absolute atomic E-state index is 0.0356. The molecule has 0 aromatic carbocycles. The third-order valence-corrected chi connectivity index (χ3v) is 4.96. The molecule has 8 nitrogen and oxygen atoms in total. The molecule has 1 aliphatic rings. The van der Waals surface area contributed by atoms with Crippen LogP contribution in [0.5, 0.6) is 0 Å². The number of carbonyl (C=O) groups is 3. The van der Waals surface area contributed by atoms with Gasteiger partial charge in [0.25, 0.3) is 5.91 Å². The first kappa shape index (κ1) is 16.3. The lowest BCUT2D eigenvalue weighted by Crippen LogP contribution is -2.34. The maximum atomic E-state index is 12.9. The van der Waals surface area contributed by atoms with Gasteiger partial charge in [0.05, 0.1) is 10.6 Å². The van der Waals surface area contributed by atoms with Crippen LogP contribution in [0.2, 0.25) is 0 Å². The third-order valence-electron chi connectivity index (χ3n) is 3.70. The Morgan fingerprint density at radius 3 is 2.54 bits per heavy atom. The van der Waals surface area contributed by atoms with Crippen LogP contribution >= 0.6 is 11.3 Å². The highest BCUT2D eigenvalue weighted by Gasteiger charge is 2.39. The van der Waals surface area contributed by atoms with Crippen LogP contribution in [0.4, 0.5) is 5.13 Å². The minimum atomic E-state index is -1.21. The summed E-state index contributed by atoms with van der Waals surface area (Å²) >= 11 is 1.15. The van der Waals surface area contributed by atoms with Crippen molar-refractivity contribution in [2.75, 3.05) is 4.90 Å². The van der Waals surface area contributed by atoms with Gasteiger partial charge in [-0.15, -0.1) is 0 Å². The van der Waals surface area contributed by atoms with Gasteiger partial charge in [-0.2, -0.15) is 5.10 Å². The van der Waals surface area contributed by atoms with E-state index in [2.05, 4.69) is 10.1 Å². The standard InChI is InChI=1S/C15H16N4O4S/c1-7-12(8(2)20)24-15(16-7)19(9-4-5-9)13(21)11-10(14(22)23)6-18(3)17-11/h6,9H,4-5H2,1-3H3,(H,22,23). The zero-order valence-electron chi connectivity index (χ0n) is 13.4. The number of amides is 1. The molecule has 0 saturated heterocycles. The summed E-state index contributed by atoms with van der Waals surface area (Å²) in [6.45, 7) is 3.17. The Labute approximate surface area is 141 Å². The number of anilines is 1. The van der Waals surface area contributed by atoms with E-state index in [0.717, 1.165) is 24.2 Å². The number of carboxylic acid groups (broad SMARTS) is 1. The second-order valence-electron chi connectivity index (χ2n) is 5.74. The molecule has 0 radical (unpaired) electrons. The Morgan fingerprint density at radius 2 is 2.04 bits per heavy atom. The predicted molar refractivity (Wildman–Crippen MR) is 86.9 cm³/mol. The summed E-state index contributed by atoms with van der Waals surface area (Å²) in [7, 11) is 1.56. The van der Waals surface area contributed by atoms with Gasteiger partial charge in [-0.1, -0.05) is 11.3 Å². The van der Waals surface area contributed by atoms with E-state index in [-0.39, 0.29) is 23.1 Å². The van der Waals surface area contributed by atoms with Gasteiger partial charge in [0.15, 0.2) is 16.6 Å². The molecule has 24 heavy (non-hydrogen) atoms. The number of hydrogen-bond acceptors (Lipinski definition) is 6. The first-order valence-electron chi connectivity index (χ1n) is 7.38. The molecule has 126 valence electrons. The van der Waals surface area contributed by atoms with Crippen molar-refractivity contribution in [3.05, 3.63) is 28.0 Å². The van der Waals surface area contributed by atoms with Crippen molar-refractivity contribution in [3.8, 4) is 0 Å². The molecule has 1 fully saturated rings. The summed E-state index contributed by atoms with van der Waals surface area (Å²) in [5.74, 6) is -1.81. The van der Waals surface area contributed by atoms with E-state index in [1.54, 1.807) is 14.0 Å². The van der Waals surface area contributed by atoms with E-state index in [1.165, 1.54) is 22.7 Å². The lowest BCUT2D eigenvalue weighted by atomic mass is 10.2. The molecule has 0 unspecified atom stereocenters. The third kappa shape index (κ3) is 2.82. The summed E-state index contributed by atoms with van der Waals surface area (Å²) in [4.78, 5) is 42.2. The maximum Gasteiger partial charge on any atom is 0.339 e. The molecule has 1 aliphatic carbocycles. The minimum Gasteiger partial charge on any atom is -0.478 e. The highest BCUT2D eigenvalue weighted by molar-refractivity contribution is 7.17. The smallest absolute Gasteiger partial charge is 0.339 e. The van der Waals surface area contributed by atoms with Crippen LogP contribution in [-0.4, -0.2) is 43.6 Å². The zero-order chi connectivity index (χ0) is 17.6. The molecule has 2 aromatic heterocycles. The van der Waals surface area contributed by atoms with E-state index in [1.807, 2.05) is 0 Å². The largest absolute Gasteiger partial charge is 0.478 e. The van der Waals surface area contributed by atoms with Crippen LogP contribution in [0.15, 0.2) is 6.20 Å². The first-order chi connectivity index (χ1) is 11.3. The molecular formula is C15H16N4O4S. The van der Waals surface area contributed by atoms with Crippen molar-refractivity contribution in [1.29, 1.82) is 0 Å². The second-order valence-corrected chi connectivity index (χ2v) is 6.72. The Kier molecular flexibility index (Phi) is 3.96. The van der Waals surface area contributed by atoms with E-state index in [9.17, 15) is 19.5 Å². The van der Waals surface area contributed by atoms with Crippen LogP contribution < -0.4 is 4.90 Å². The van der Waals surface area contributed by atoms with E-state index >= 15 is 0 Å². The Balaban J connectivity index is 2.03. The van der Waals surface area contributed by atoms with Gasteiger partial charge in [0.1, 0.15) is 5.56 Å². The molecule has 9 heteroatoms.